The maximum absolute atomic E-state index is 4.54. The monoisotopic (exact) mass is 355 g/mol. The predicted octanol–water partition coefficient (Wildman–Crippen LogP) is 5.57. The van der Waals surface area contributed by atoms with Gasteiger partial charge in [-0.25, -0.2) is 0 Å². The van der Waals surface area contributed by atoms with E-state index in [4.69, 9.17) is 0 Å². The molecule has 3 heteroatoms. The van der Waals surface area contributed by atoms with Gasteiger partial charge < -0.3 is 9.88 Å². The number of nitrogens with one attached hydrogen (secondary N) is 1. The Kier molecular flexibility index (Phi) is 5.03. The quantitative estimate of drug-likeness (QED) is 0.490. The fraction of sp³-hybridized carbons (Fsp3) is 0.208. The molecule has 0 aliphatic rings. The van der Waals surface area contributed by atoms with E-state index in [9.17, 15) is 0 Å². The molecular weight excluding hydrogens is 330 g/mol. The maximum atomic E-state index is 4.54. The third kappa shape index (κ3) is 3.64. The molecule has 2 heterocycles. The van der Waals surface area contributed by atoms with Crippen molar-refractivity contribution < 1.29 is 0 Å². The van der Waals surface area contributed by atoms with Gasteiger partial charge in [-0.15, -0.1) is 0 Å². The van der Waals surface area contributed by atoms with Crippen LogP contribution in [0.1, 0.15) is 31.0 Å². The van der Waals surface area contributed by atoms with Crippen molar-refractivity contribution in [2.75, 3.05) is 0 Å². The second-order valence-corrected chi connectivity index (χ2v) is 6.90. The Bertz CT molecular complexity index is 1020. The molecule has 3 nitrogen and oxygen atoms in total. The Hall–Kier alpha value is -2.91. The minimum absolute atomic E-state index is 0.325. The highest BCUT2D eigenvalue weighted by Crippen LogP contribution is 2.28. The van der Waals surface area contributed by atoms with Crippen LogP contribution in [0.15, 0.2) is 79.0 Å². The second-order valence-electron chi connectivity index (χ2n) is 6.90. The number of nitrogens with zero attached hydrogens (tertiary/aromatic N) is 2. The number of rotatable bonds is 6. The molecule has 136 valence electrons. The molecule has 0 bridgehead atoms. The molecule has 0 aliphatic carbocycles. The van der Waals surface area contributed by atoms with E-state index in [1.54, 1.807) is 0 Å². The number of fused-ring (bicyclic) bond motifs is 1. The van der Waals surface area contributed by atoms with Gasteiger partial charge in [0.25, 0.3) is 0 Å². The molecule has 1 atom stereocenters. The van der Waals surface area contributed by atoms with Crippen molar-refractivity contribution in [3.8, 4) is 11.4 Å². The van der Waals surface area contributed by atoms with Gasteiger partial charge in [-0.05, 0) is 55.3 Å². The topological polar surface area (TPSA) is 29.9 Å². The van der Waals surface area contributed by atoms with Crippen LogP contribution >= 0.6 is 0 Å². The SMILES string of the molecule is CCn1c(-c2ccccn2)cc2cc(CNC(C)c3ccccc3)ccc21. The van der Waals surface area contributed by atoms with Crippen LogP contribution in [0.2, 0.25) is 0 Å². The Morgan fingerprint density at radius 1 is 0.963 bits per heavy atom. The van der Waals surface area contributed by atoms with Crippen LogP contribution in [0.5, 0.6) is 0 Å². The van der Waals surface area contributed by atoms with E-state index < -0.39 is 0 Å². The molecule has 0 fully saturated rings. The smallest absolute Gasteiger partial charge is 0.0866 e. The average molecular weight is 355 g/mol. The first-order chi connectivity index (χ1) is 13.3. The van der Waals surface area contributed by atoms with Crippen LogP contribution in [-0.4, -0.2) is 9.55 Å². The van der Waals surface area contributed by atoms with Gasteiger partial charge >= 0.3 is 0 Å². The zero-order valence-electron chi connectivity index (χ0n) is 15.9. The summed E-state index contributed by atoms with van der Waals surface area (Å²) in [5.41, 5.74) is 6.07. The van der Waals surface area contributed by atoms with Crippen LogP contribution in [0.25, 0.3) is 22.3 Å². The number of benzene rings is 2. The molecule has 0 amide bonds. The van der Waals surface area contributed by atoms with Crippen LogP contribution in [-0.2, 0) is 13.1 Å². The van der Waals surface area contributed by atoms with Crippen molar-refractivity contribution >= 4 is 10.9 Å². The molecule has 2 aromatic carbocycles. The summed E-state index contributed by atoms with van der Waals surface area (Å²) in [6.07, 6.45) is 1.85. The molecule has 4 rings (SSSR count). The average Bonchev–Trinajstić information content (AvgIpc) is 3.11. The van der Waals surface area contributed by atoms with Crippen molar-refractivity contribution in [3.63, 3.8) is 0 Å². The summed E-state index contributed by atoms with van der Waals surface area (Å²) < 4.78 is 2.33. The molecule has 2 aromatic heterocycles. The standard InChI is InChI=1S/C24H25N3/c1-3-27-23-13-12-19(17-26-18(2)20-9-5-4-6-10-20)15-21(23)16-24(27)22-11-7-8-14-25-22/h4-16,18,26H,3,17H2,1-2H3. The molecule has 0 aliphatic heterocycles. The lowest BCUT2D eigenvalue weighted by molar-refractivity contribution is 0.575. The summed E-state index contributed by atoms with van der Waals surface area (Å²) in [6.45, 7) is 6.17. The third-order valence-electron chi connectivity index (χ3n) is 5.12. The highest BCUT2D eigenvalue weighted by molar-refractivity contribution is 5.87. The largest absolute Gasteiger partial charge is 0.340 e. The van der Waals surface area contributed by atoms with Crippen LogP contribution in [0, 0.1) is 0 Å². The van der Waals surface area contributed by atoms with Gasteiger partial charge in [-0.3, -0.25) is 4.98 Å². The molecule has 4 aromatic rings. The van der Waals surface area contributed by atoms with Crippen LogP contribution < -0.4 is 5.32 Å². The molecular formula is C24H25N3. The highest BCUT2D eigenvalue weighted by Gasteiger charge is 2.11. The first-order valence-electron chi connectivity index (χ1n) is 9.58. The van der Waals surface area contributed by atoms with E-state index in [1.165, 1.54) is 27.7 Å². The molecule has 1 N–H and O–H groups in total. The predicted molar refractivity (Wildman–Crippen MR) is 113 cm³/mol. The van der Waals surface area contributed by atoms with Gasteiger partial charge in [0.1, 0.15) is 0 Å². The van der Waals surface area contributed by atoms with Gasteiger partial charge in [0.15, 0.2) is 0 Å². The van der Waals surface area contributed by atoms with E-state index >= 15 is 0 Å². The number of aromatic nitrogens is 2. The summed E-state index contributed by atoms with van der Waals surface area (Å²) in [5.74, 6) is 0. The molecule has 0 radical (unpaired) electrons. The lowest BCUT2D eigenvalue weighted by Gasteiger charge is -2.14. The number of aryl methyl sites for hydroxylation is 1. The second kappa shape index (κ2) is 7.77. The minimum atomic E-state index is 0.325. The number of pyridine rings is 1. The van der Waals surface area contributed by atoms with Gasteiger partial charge in [-0.1, -0.05) is 42.5 Å². The van der Waals surface area contributed by atoms with Crippen LogP contribution in [0.4, 0.5) is 0 Å². The fourth-order valence-electron chi connectivity index (χ4n) is 3.63. The van der Waals surface area contributed by atoms with E-state index in [-0.39, 0.29) is 0 Å². The zero-order chi connectivity index (χ0) is 18.6. The lowest BCUT2D eigenvalue weighted by atomic mass is 10.1. The van der Waals surface area contributed by atoms with Gasteiger partial charge in [0.05, 0.1) is 11.4 Å². The number of hydrogen-bond donors (Lipinski definition) is 1. The summed E-state index contributed by atoms with van der Waals surface area (Å²) in [4.78, 5) is 4.54. The summed E-state index contributed by atoms with van der Waals surface area (Å²) in [5, 5.41) is 4.90. The Morgan fingerprint density at radius 3 is 2.52 bits per heavy atom. The Labute approximate surface area is 160 Å². The van der Waals surface area contributed by atoms with E-state index in [1.807, 2.05) is 18.3 Å². The van der Waals surface area contributed by atoms with Crippen molar-refractivity contribution in [1.82, 2.24) is 14.9 Å². The summed E-state index contributed by atoms with van der Waals surface area (Å²) in [7, 11) is 0. The highest BCUT2D eigenvalue weighted by atomic mass is 15.0. The van der Waals surface area contributed by atoms with Gasteiger partial charge in [-0.2, -0.15) is 0 Å². The third-order valence-corrected chi connectivity index (χ3v) is 5.12. The molecule has 0 saturated heterocycles. The van der Waals surface area contributed by atoms with Crippen molar-refractivity contribution in [2.24, 2.45) is 0 Å². The molecule has 1 unspecified atom stereocenters. The van der Waals surface area contributed by atoms with E-state index in [0.29, 0.717) is 6.04 Å². The van der Waals surface area contributed by atoms with E-state index in [0.717, 1.165) is 18.8 Å². The number of hydrogen-bond acceptors (Lipinski definition) is 2. The minimum Gasteiger partial charge on any atom is -0.340 e. The van der Waals surface area contributed by atoms with Crippen molar-refractivity contribution in [2.45, 2.75) is 33.0 Å². The Morgan fingerprint density at radius 2 is 1.78 bits per heavy atom. The lowest BCUT2D eigenvalue weighted by Crippen LogP contribution is -2.17. The van der Waals surface area contributed by atoms with E-state index in [2.05, 4.69) is 89.4 Å². The van der Waals surface area contributed by atoms with Crippen molar-refractivity contribution in [1.29, 1.82) is 0 Å². The molecule has 0 spiro atoms. The fourth-order valence-corrected chi connectivity index (χ4v) is 3.63. The summed E-state index contributed by atoms with van der Waals surface area (Å²) >= 11 is 0. The molecule has 0 saturated carbocycles. The van der Waals surface area contributed by atoms with Gasteiger partial charge in [0, 0.05) is 36.2 Å². The summed E-state index contributed by atoms with van der Waals surface area (Å²) in [6, 6.07) is 26.0. The van der Waals surface area contributed by atoms with Gasteiger partial charge in [0.2, 0.25) is 0 Å². The first-order valence-corrected chi connectivity index (χ1v) is 9.58. The normalized spacial score (nSPS) is 12.4. The van der Waals surface area contributed by atoms with Crippen LogP contribution in [0.3, 0.4) is 0 Å². The zero-order valence-corrected chi connectivity index (χ0v) is 15.9. The first kappa shape index (κ1) is 17.5. The maximum Gasteiger partial charge on any atom is 0.0866 e. The Balaban J connectivity index is 1.59. The van der Waals surface area contributed by atoms with Crippen molar-refractivity contribution in [3.05, 3.63) is 90.1 Å². The molecule has 27 heavy (non-hydrogen) atoms.